The van der Waals surface area contributed by atoms with E-state index in [9.17, 15) is 9.59 Å². The van der Waals surface area contributed by atoms with E-state index in [0.29, 0.717) is 19.0 Å². The van der Waals surface area contributed by atoms with Crippen molar-refractivity contribution in [3.8, 4) is 0 Å². The second kappa shape index (κ2) is 8.02. The Bertz CT molecular complexity index is 303. The summed E-state index contributed by atoms with van der Waals surface area (Å²) < 4.78 is 0. The number of carbonyl (C=O) groups is 2. The topological polar surface area (TPSA) is 69.6 Å². The van der Waals surface area contributed by atoms with Crippen LogP contribution in [0.2, 0.25) is 0 Å². The van der Waals surface area contributed by atoms with Crippen LogP contribution in [0.3, 0.4) is 0 Å². The number of hydrogen-bond acceptors (Lipinski definition) is 2. The van der Waals surface area contributed by atoms with Gasteiger partial charge in [0.05, 0.1) is 0 Å². The van der Waals surface area contributed by atoms with E-state index >= 15 is 0 Å². The van der Waals surface area contributed by atoms with Crippen molar-refractivity contribution in [2.75, 3.05) is 19.6 Å². The minimum atomic E-state index is -0.803. The molecule has 1 saturated carbocycles. The van der Waals surface area contributed by atoms with Crippen molar-refractivity contribution in [2.24, 2.45) is 11.8 Å². The molecule has 1 unspecified atom stereocenters. The highest BCUT2D eigenvalue weighted by molar-refractivity contribution is 5.74. The number of urea groups is 1. The van der Waals surface area contributed by atoms with Crippen LogP contribution in [-0.2, 0) is 4.79 Å². The molecular weight excluding hydrogens is 244 g/mol. The van der Waals surface area contributed by atoms with Crippen molar-refractivity contribution < 1.29 is 14.7 Å². The van der Waals surface area contributed by atoms with Gasteiger partial charge in [0.15, 0.2) is 0 Å². The zero-order valence-corrected chi connectivity index (χ0v) is 12.0. The number of aliphatic carboxylic acids is 1. The summed E-state index contributed by atoms with van der Waals surface area (Å²) in [6.45, 7) is 5.91. The Morgan fingerprint density at radius 3 is 2.47 bits per heavy atom. The molecule has 0 spiro atoms. The number of carboxylic acid groups (broad SMARTS) is 1. The smallest absolute Gasteiger partial charge is 0.317 e. The molecule has 1 atom stereocenters. The number of hydrogen-bond donors (Lipinski definition) is 2. The molecular formula is C14H26N2O3. The molecule has 1 aliphatic rings. The van der Waals surface area contributed by atoms with E-state index in [1.54, 1.807) is 0 Å². The van der Waals surface area contributed by atoms with Crippen molar-refractivity contribution >= 4 is 12.0 Å². The van der Waals surface area contributed by atoms with Gasteiger partial charge in [-0.15, -0.1) is 0 Å². The van der Waals surface area contributed by atoms with Crippen LogP contribution in [0.15, 0.2) is 0 Å². The van der Waals surface area contributed by atoms with Gasteiger partial charge in [-0.1, -0.05) is 19.8 Å². The maximum atomic E-state index is 12.0. The molecule has 0 aromatic carbocycles. The van der Waals surface area contributed by atoms with Gasteiger partial charge < -0.3 is 15.3 Å². The molecule has 0 heterocycles. The van der Waals surface area contributed by atoms with Crippen LogP contribution in [0.4, 0.5) is 4.79 Å². The van der Waals surface area contributed by atoms with E-state index in [0.717, 1.165) is 13.0 Å². The molecule has 0 aliphatic heterocycles. The molecule has 0 radical (unpaired) electrons. The molecule has 0 bridgehead atoms. The first kappa shape index (κ1) is 15.8. The molecule has 2 N–H and O–H groups in total. The molecule has 0 aromatic heterocycles. The highest BCUT2D eigenvalue weighted by Crippen LogP contribution is 2.27. The number of carboxylic acids is 1. The van der Waals surface area contributed by atoms with Crippen molar-refractivity contribution in [3.63, 3.8) is 0 Å². The first-order valence-electron chi connectivity index (χ1n) is 7.31. The maximum absolute atomic E-state index is 12.0. The zero-order chi connectivity index (χ0) is 14.3. The van der Waals surface area contributed by atoms with Crippen LogP contribution < -0.4 is 5.32 Å². The lowest BCUT2D eigenvalue weighted by molar-refractivity contribution is -0.138. The maximum Gasteiger partial charge on any atom is 0.317 e. The van der Waals surface area contributed by atoms with Crippen molar-refractivity contribution in [3.05, 3.63) is 0 Å². The molecule has 19 heavy (non-hydrogen) atoms. The fourth-order valence-corrected chi connectivity index (χ4v) is 2.29. The fraction of sp³-hybridized carbons (Fsp3) is 0.857. The molecule has 1 rings (SSSR count). The molecule has 5 heteroatoms. The predicted octanol–water partition coefficient (Wildman–Crippen LogP) is 2.32. The predicted molar refractivity (Wildman–Crippen MR) is 74.0 cm³/mol. The Kier molecular flexibility index (Phi) is 6.67. The van der Waals surface area contributed by atoms with E-state index in [2.05, 4.69) is 5.32 Å². The molecule has 0 aromatic rings. The third-order valence-corrected chi connectivity index (χ3v) is 3.95. The molecule has 0 saturated heterocycles. The third kappa shape index (κ3) is 5.49. The van der Waals surface area contributed by atoms with Gasteiger partial charge in [-0.3, -0.25) is 4.79 Å². The second-order valence-electron chi connectivity index (χ2n) is 5.39. The SMILES string of the molecule is CCC(CNC(=O)N(CC)CC1CCC1)CC(=O)O. The molecule has 2 amide bonds. The summed E-state index contributed by atoms with van der Waals surface area (Å²) in [6.07, 6.45) is 4.61. The monoisotopic (exact) mass is 270 g/mol. The van der Waals surface area contributed by atoms with Crippen LogP contribution in [0.5, 0.6) is 0 Å². The molecule has 110 valence electrons. The van der Waals surface area contributed by atoms with Crippen molar-refractivity contribution in [1.29, 1.82) is 0 Å². The lowest BCUT2D eigenvalue weighted by atomic mass is 9.85. The lowest BCUT2D eigenvalue weighted by Gasteiger charge is -2.32. The number of amides is 2. The lowest BCUT2D eigenvalue weighted by Crippen LogP contribution is -2.44. The van der Waals surface area contributed by atoms with Crippen molar-refractivity contribution in [1.82, 2.24) is 10.2 Å². The summed E-state index contributed by atoms with van der Waals surface area (Å²) in [5.41, 5.74) is 0. The Morgan fingerprint density at radius 1 is 1.37 bits per heavy atom. The average molecular weight is 270 g/mol. The molecule has 1 fully saturated rings. The van der Waals surface area contributed by atoms with Crippen LogP contribution in [0.25, 0.3) is 0 Å². The number of carbonyl (C=O) groups excluding carboxylic acids is 1. The number of rotatable bonds is 8. The van der Waals surface area contributed by atoms with Crippen LogP contribution in [0.1, 0.15) is 46.0 Å². The summed E-state index contributed by atoms with van der Waals surface area (Å²) >= 11 is 0. The molecule has 1 aliphatic carbocycles. The van der Waals surface area contributed by atoms with E-state index < -0.39 is 5.97 Å². The van der Waals surface area contributed by atoms with E-state index in [1.807, 2.05) is 18.7 Å². The molecule has 5 nitrogen and oxygen atoms in total. The zero-order valence-electron chi connectivity index (χ0n) is 12.0. The number of nitrogens with one attached hydrogen (secondary N) is 1. The summed E-state index contributed by atoms with van der Waals surface area (Å²) in [5.74, 6) is -0.126. The first-order valence-corrected chi connectivity index (χ1v) is 7.31. The van der Waals surface area contributed by atoms with Gasteiger partial charge in [0.1, 0.15) is 0 Å². The summed E-state index contributed by atoms with van der Waals surface area (Å²) in [4.78, 5) is 24.5. The van der Waals surface area contributed by atoms with Gasteiger partial charge in [0.2, 0.25) is 0 Å². The van der Waals surface area contributed by atoms with Crippen LogP contribution >= 0.6 is 0 Å². The first-order chi connectivity index (χ1) is 9.06. The Hall–Kier alpha value is -1.26. The second-order valence-corrected chi connectivity index (χ2v) is 5.39. The standard InChI is InChI=1S/C14H26N2O3/c1-3-11(8-13(17)18)9-15-14(19)16(4-2)10-12-6-5-7-12/h11-12H,3-10H2,1-2H3,(H,15,19)(H,17,18). The van der Waals surface area contributed by atoms with Gasteiger partial charge in [0, 0.05) is 26.1 Å². The quantitative estimate of drug-likeness (QED) is 0.711. The van der Waals surface area contributed by atoms with E-state index in [4.69, 9.17) is 5.11 Å². The van der Waals surface area contributed by atoms with Gasteiger partial charge in [-0.25, -0.2) is 4.79 Å². The number of nitrogens with zero attached hydrogens (tertiary/aromatic N) is 1. The summed E-state index contributed by atoms with van der Waals surface area (Å²) in [7, 11) is 0. The van der Waals surface area contributed by atoms with Crippen LogP contribution in [-0.4, -0.2) is 41.6 Å². The Morgan fingerprint density at radius 2 is 2.05 bits per heavy atom. The highest BCUT2D eigenvalue weighted by Gasteiger charge is 2.23. The average Bonchev–Trinajstić information content (AvgIpc) is 2.32. The largest absolute Gasteiger partial charge is 0.481 e. The normalized spacial score (nSPS) is 16.5. The summed E-state index contributed by atoms with van der Waals surface area (Å²) in [5, 5.41) is 11.6. The minimum absolute atomic E-state index is 0.0175. The Labute approximate surface area is 115 Å². The highest BCUT2D eigenvalue weighted by atomic mass is 16.4. The van der Waals surface area contributed by atoms with Gasteiger partial charge in [0.25, 0.3) is 0 Å². The third-order valence-electron chi connectivity index (χ3n) is 3.95. The Balaban J connectivity index is 2.31. The van der Waals surface area contributed by atoms with Gasteiger partial charge in [-0.05, 0) is 31.6 Å². The van der Waals surface area contributed by atoms with Gasteiger partial charge >= 0.3 is 12.0 Å². The van der Waals surface area contributed by atoms with Crippen LogP contribution in [0, 0.1) is 11.8 Å². The summed E-state index contributed by atoms with van der Waals surface area (Å²) in [6, 6.07) is -0.0572. The van der Waals surface area contributed by atoms with Crippen molar-refractivity contribution in [2.45, 2.75) is 46.0 Å². The van der Waals surface area contributed by atoms with E-state index in [-0.39, 0.29) is 18.4 Å². The minimum Gasteiger partial charge on any atom is -0.481 e. The van der Waals surface area contributed by atoms with Gasteiger partial charge in [-0.2, -0.15) is 0 Å². The fourth-order valence-electron chi connectivity index (χ4n) is 2.29. The van der Waals surface area contributed by atoms with E-state index in [1.165, 1.54) is 19.3 Å².